The standard InChI is InChI=1S/C15H13N3OS.C2HF3O2/c1-9-13(8-16)15(20-18-9)17-14(19)12-7-6-10-4-2-3-5-11(10)12;3-2(4,5)1(6)7/h2-5,12H,6-7H2,1H3,(H,17,19);(H,6,7). The minimum atomic E-state index is -5.08. The van der Waals surface area contributed by atoms with E-state index in [1.54, 1.807) is 6.92 Å². The second-order valence-corrected chi connectivity index (χ2v) is 6.44. The Bertz CT molecular complexity index is 903. The van der Waals surface area contributed by atoms with Crippen molar-refractivity contribution in [2.45, 2.75) is 31.9 Å². The third kappa shape index (κ3) is 4.83. The van der Waals surface area contributed by atoms with E-state index < -0.39 is 12.1 Å². The molecule has 0 bridgehead atoms. The number of aliphatic carboxylic acids is 1. The quantitative estimate of drug-likeness (QED) is 0.806. The molecule has 0 radical (unpaired) electrons. The summed E-state index contributed by atoms with van der Waals surface area (Å²) in [5.74, 6) is -2.93. The lowest BCUT2D eigenvalue weighted by atomic mass is 10.0. The number of carbonyl (C=O) groups excluding carboxylic acids is 1. The molecule has 0 aliphatic heterocycles. The number of nitrogens with zero attached hydrogens (tertiary/aromatic N) is 2. The number of halogens is 3. The molecule has 1 aromatic heterocycles. The van der Waals surface area contributed by atoms with Crippen molar-refractivity contribution in [3.05, 3.63) is 46.6 Å². The number of fused-ring (bicyclic) bond motifs is 1. The van der Waals surface area contributed by atoms with Crippen molar-refractivity contribution in [1.29, 1.82) is 5.26 Å². The van der Waals surface area contributed by atoms with E-state index in [1.165, 1.54) is 5.56 Å². The zero-order valence-corrected chi connectivity index (χ0v) is 14.8. The topological polar surface area (TPSA) is 103 Å². The number of alkyl halides is 3. The number of hydrogen-bond donors (Lipinski definition) is 2. The first kappa shape index (κ1) is 20.4. The van der Waals surface area contributed by atoms with Gasteiger partial charge in [0, 0.05) is 0 Å². The maximum absolute atomic E-state index is 12.4. The Balaban J connectivity index is 0.000000321. The summed E-state index contributed by atoms with van der Waals surface area (Å²) in [6.07, 6.45) is -3.33. The molecule has 1 amide bonds. The summed E-state index contributed by atoms with van der Waals surface area (Å²) in [5.41, 5.74) is 3.48. The van der Waals surface area contributed by atoms with Gasteiger partial charge >= 0.3 is 12.1 Å². The minimum Gasteiger partial charge on any atom is -0.475 e. The highest BCUT2D eigenvalue weighted by molar-refractivity contribution is 7.10. The second kappa shape index (κ2) is 8.18. The first-order chi connectivity index (χ1) is 12.6. The van der Waals surface area contributed by atoms with Gasteiger partial charge in [0.15, 0.2) is 0 Å². The number of nitriles is 1. The molecular formula is C17H14F3N3O3S. The number of carboxylic acid groups (broad SMARTS) is 1. The van der Waals surface area contributed by atoms with E-state index in [-0.39, 0.29) is 11.8 Å². The van der Waals surface area contributed by atoms with E-state index in [2.05, 4.69) is 21.8 Å². The zero-order chi connectivity index (χ0) is 20.2. The summed E-state index contributed by atoms with van der Waals surface area (Å²) < 4.78 is 35.9. The normalized spacial score (nSPS) is 15.1. The molecule has 1 atom stereocenters. The molecular weight excluding hydrogens is 383 g/mol. The highest BCUT2D eigenvalue weighted by Crippen LogP contribution is 2.34. The van der Waals surface area contributed by atoms with Crippen LogP contribution in [0.15, 0.2) is 24.3 Å². The van der Waals surface area contributed by atoms with E-state index >= 15 is 0 Å². The number of rotatable bonds is 2. The van der Waals surface area contributed by atoms with Crippen LogP contribution in [-0.4, -0.2) is 27.5 Å². The number of benzene rings is 1. The summed E-state index contributed by atoms with van der Waals surface area (Å²) >= 11 is 1.16. The van der Waals surface area contributed by atoms with Gasteiger partial charge in [-0.05, 0) is 42.4 Å². The van der Waals surface area contributed by atoms with E-state index in [1.807, 2.05) is 18.2 Å². The molecule has 142 valence electrons. The molecule has 3 rings (SSSR count). The fraction of sp³-hybridized carbons (Fsp3) is 0.294. The van der Waals surface area contributed by atoms with Gasteiger partial charge in [0.25, 0.3) is 0 Å². The van der Waals surface area contributed by atoms with Crippen molar-refractivity contribution < 1.29 is 27.9 Å². The fourth-order valence-electron chi connectivity index (χ4n) is 2.62. The second-order valence-electron chi connectivity index (χ2n) is 5.67. The minimum absolute atomic E-state index is 0.0462. The third-order valence-corrected chi connectivity index (χ3v) is 4.76. The van der Waals surface area contributed by atoms with Gasteiger partial charge in [-0.2, -0.15) is 22.8 Å². The number of aromatic nitrogens is 1. The van der Waals surface area contributed by atoms with Crippen molar-refractivity contribution in [1.82, 2.24) is 4.37 Å². The van der Waals surface area contributed by atoms with E-state index in [9.17, 15) is 18.0 Å². The van der Waals surface area contributed by atoms with Crippen LogP contribution in [0.5, 0.6) is 0 Å². The summed E-state index contributed by atoms with van der Waals surface area (Å²) in [5, 5.41) is 19.6. The smallest absolute Gasteiger partial charge is 0.475 e. The molecule has 1 aliphatic rings. The third-order valence-electron chi connectivity index (χ3n) is 3.90. The molecule has 6 nitrogen and oxygen atoms in total. The van der Waals surface area contributed by atoms with Crippen LogP contribution in [0.3, 0.4) is 0 Å². The molecule has 0 fully saturated rings. The number of aryl methyl sites for hydroxylation is 2. The number of hydrogen-bond acceptors (Lipinski definition) is 5. The summed E-state index contributed by atoms with van der Waals surface area (Å²) in [6, 6.07) is 10.1. The molecule has 0 saturated carbocycles. The predicted molar refractivity (Wildman–Crippen MR) is 91.4 cm³/mol. The van der Waals surface area contributed by atoms with Crippen LogP contribution in [0.25, 0.3) is 0 Å². The molecule has 2 aromatic rings. The number of amides is 1. The lowest BCUT2D eigenvalue weighted by molar-refractivity contribution is -0.192. The number of anilines is 1. The Morgan fingerprint density at radius 1 is 1.37 bits per heavy atom. The summed E-state index contributed by atoms with van der Waals surface area (Å²) in [4.78, 5) is 21.3. The number of nitrogens with one attached hydrogen (secondary N) is 1. The molecule has 1 unspecified atom stereocenters. The van der Waals surface area contributed by atoms with Crippen molar-refractivity contribution in [2.75, 3.05) is 5.32 Å². The lowest BCUT2D eigenvalue weighted by Crippen LogP contribution is -2.21. The van der Waals surface area contributed by atoms with Crippen molar-refractivity contribution >= 4 is 28.4 Å². The molecule has 2 N–H and O–H groups in total. The van der Waals surface area contributed by atoms with Gasteiger partial charge in [0.1, 0.15) is 16.6 Å². The van der Waals surface area contributed by atoms with Crippen LogP contribution in [0.1, 0.15) is 34.7 Å². The molecule has 1 heterocycles. The maximum atomic E-state index is 12.4. The van der Waals surface area contributed by atoms with Gasteiger partial charge < -0.3 is 10.4 Å². The molecule has 1 aromatic carbocycles. The molecule has 1 aliphatic carbocycles. The Morgan fingerprint density at radius 2 is 2.00 bits per heavy atom. The number of carbonyl (C=O) groups is 2. The van der Waals surface area contributed by atoms with Gasteiger partial charge in [-0.1, -0.05) is 24.3 Å². The van der Waals surface area contributed by atoms with Crippen LogP contribution in [0.4, 0.5) is 18.2 Å². The average Bonchev–Trinajstić information content (AvgIpc) is 3.18. The van der Waals surface area contributed by atoms with Crippen LogP contribution in [0.2, 0.25) is 0 Å². The Labute approximate surface area is 156 Å². The van der Waals surface area contributed by atoms with Crippen molar-refractivity contribution in [2.24, 2.45) is 0 Å². The van der Waals surface area contributed by atoms with Gasteiger partial charge in [-0.25, -0.2) is 4.79 Å². The van der Waals surface area contributed by atoms with Gasteiger partial charge in [-0.3, -0.25) is 4.79 Å². The van der Waals surface area contributed by atoms with Crippen molar-refractivity contribution in [3.8, 4) is 6.07 Å². The Kier molecular flexibility index (Phi) is 6.17. The maximum Gasteiger partial charge on any atom is 0.490 e. The summed E-state index contributed by atoms with van der Waals surface area (Å²) in [7, 11) is 0. The largest absolute Gasteiger partial charge is 0.490 e. The SMILES string of the molecule is Cc1nsc(NC(=O)C2CCc3ccccc32)c1C#N.O=C(O)C(F)(F)F. The lowest BCUT2D eigenvalue weighted by Gasteiger charge is -2.11. The van der Waals surface area contributed by atoms with E-state index in [0.717, 1.165) is 29.9 Å². The van der Waals surface area contributed by atoms with Gasteiger partial charge in [0.05, 0.1) is 11.6 Å². The molecule has 10 heteroatoms. The van der Waals surface area contributed by atoms with E-state index in [0.29, 0.717) is 16.3 Å². The van der Waals surface area contributed by atoms with Crippen LogP contribution >= 0.6 is 11.5 Å². The van der Waals surface area contributed by atoms with Crippen molar-refractivity contribution in [3.63, 3.8) is 0 Å². The first-order valence-electron chi connectivity index (χ1n) is 7.70. The summed E-state index contributed by atoms with van der Waals surface area (Å²) in [6.45, 7) is 1.77. The first-order valence-corrected chi connectivity index (χ1v) is 8.47. The fourth-order valence-corrected chi connectivity index (χ4v) is 3.37. The monoisotopic (exact) mass is 397 g/mol. The van der Waals surface area contributed by atoms with Gasteiger partial charge in [-0.15, -0.1) is 0 Å². The zero-order valence-electron chi connectivity index (χ0n) is 14.0. The predicted octanol–water partition coefficient (Wildman–Crippen LogP) is 3.63. The Hall–Kier alpha value is -2.93. The molecule has 27 heavy (non-hydrogen) atoms. The van der Waals surface area contributed by atoms with E-state index in [4.69, 9.17) is 15.2 Å². The highest BCUT2D eigenvalue weighted by atomic mass is 32.1. The number of carboxylic acids is 1. The molecule has 0 saturated heterocycles. The van der Waals surface area contributed by atoms with Crippen LogP contribution < -0.4 is 5.32 Å². The Morgan fingerprint density at radius 3 is 2.59 bits per heavy atom. The molecule has 0 spiro atoms. The van der Waals surface area contributed by atoms with Crippen LogP contribution in [0, 0.1) is 18.3 Å². The van der Waals surface area contributed by atoms with Crippen LogP contribution in [-0.2, 0) is 16.0 Å². The average molecular weight is 397 g/mol. The highest BCUT2D eigenvalue weighted by Gasteiger charge is 2.38. The van der Waals surface area contributed by atoms with Gasteiger partial charge in [0.2, 0.25) is 5.91 Å².